The van der Waals surface area contributed by atoms with E-state index < -0.39 is 0 Å². The van der Waals surface area contributed by atoms with Crippen molar-refractivity contribution in [3.05, 3.63) is 81.2 Å². The lowest BCUT2D eigenvalue weighted by Crippen LogP contribution is -2.10. The third kappa shape index (κ3) is 8.99. The number of esters is 1. The van der Waals surface area contributed by atoms with E-state index in [0.717, 1.165) is 12.0 Å². The number of hydrogen-bond donors (Lipinski definition) is 1. The first kappa shape index (κ1) is 30.0. The lowest BCUT2D eigenvalue weighted by molar-refractivity contribution is -0.142. The van der Waals surface area contributed by atoms with Crippen LogP contribution in [-0.2, 0) is 22.4 Å². The number of allylic oxidation sites excluding steroid dienone is 1. The van der Waals surface area contributed by atoms with Gasteiger partial charge < -0.3 is 19.2 Å². The summed E-state index contributed by atoms with van der Waals surface area (Å²) in [7, 11) is 0. The molecule has 2 aromatic carbocycles. The van der Waals surface area contributed by atoms with Gasteiger partial charge in [0.2, 0.25) is 0 Å². The maximum Gasteiger partial charge on any atom is 0.310 e. The van der Waals surface area contributed by atoms with Gasteiger partial charge in [0.05, 0.1) is 23.1 Å². The van der Waals surface area contributed by atoms with E-state index in [-0.39, 0.29) is 29.1 Å². The highest BCUT2D eigenvalue weighted by molar-refractivity contribution is 6.33. The zero-order valence-corrected chi connectivity index (χ0v) is 23.3. The Labute approximate surface area is 228 Å². The van der Waals surface area contributed by atoms with Gasteiger partial charge in [0, 0.05) is 5.69 Å². The molecule has 0 radical (unpaired) electrons. The molecule has 6 nitrogen and oxygen atoms in total. The van der Waals surface area contributed by atoms with Crippen LogP contribution in [0, 0.1) is 0 Å². The van der Waals surface area contributed by atoms with E-state index in [1.807, 2.05) is 26.0 Å². The Morgan fingerprint density at radius 2 is 1.62 bits per heavy atom. The van der Waals surface area contributed by atoms with E-state index in [1.165, 1.54) is 6.42 Å². The SMILES string of the molecule is C/C=C\c1oc(C(=O)Nc2ccc(Oc3ccc(CC(=O)OCC)cc3Cl)c(Cl)c2)cc1CC.CCC. The predicted octanol–water partition coefficient (Wildman–Crippen LogP) is 8.75. The van der Waals surface area contributed by atoms with E-state index >= 15 is 0 Å². The molecule has 1 N–H and O–H groups in total. The summed E-state index contributed by atoms with van der Waals surface area (Å²) in [6, 6.07) is 11.6. The molecular weight excluding hydrogens is 513 g/mol. The first-order valence-electron chi connectivity index (χ1n) is 12.2. The van der Waals surface area contributed by atoms with Gasteiger partial charge >= 0.3 is 5.97 Å². The third-order valence-electron chi connectivity index (χ3n) is 4.82. The van der Waals surface area contributed by atoms with Gasteiger partial charge in [-0.15, -0.1) is 0 Å². The van der Waals surface area contributed by atoms with Gasteiger partial charge in [0.1, 0.15) is 17.3 Å². The Balaban J connectivity index is 0.00000153. The first-order chi connectivity index (χ1) is 17.8. The molecular formula is C29H33Cl2NO5. The van der Waals surface area contributed by atoms with Crippen molar-refractivity contribution in [2.45, 2.75) is 53.9 Å². The molecule has 8 heteroatoms. The molecule has 0 aliphatic heterocycles. The number of nitrogens with one attached hydrogen (secondary N) is 1. The molecule has 0 fully saturated rings. The number of aryl methyl sites for hydroxylation is 1. The number of benzene rings is 2. The predicted molar refractivity (Wildman–Crippen MR) is 150 cm³/mol. The quantitative estimate of drug-likeness (QED) is 0.272. The third-order valence-corrected chi connectivity index (χ3v) is 5.41. The van der Waals surface area contributed by atoms with Crippen LogP contribution in [0.3, 0.4) is 0 Å². The van der Waals surface area contributed by atoms with Crippen LogP contribution in [0.15, 0.2) is 53.0 Å². The van der Waals surface area contributed by atoms with Gasteiger partial charge in [-0.25, -0.2) is 0 Å². The van der Waals surface area contributed by atoms with E-state index in [9.17, 15) is 9.59 Å². The summed E-state index contributed by atoms with van der Waals surface area (Å²) in [6.07, 6.45) is 5.81. The summed E-state index contributed by atoms with van der Waals surface area (Å²) in [6.45, 7) is 10.2. The number of furan rings is 1. The molecule has 1 heterocycles. The number of rotatable bonds is 9. The van der Waals surface area contributed by atoms with Crippen LogP contribution < -0.4 is 10.1 Å². The molecule has 198 valence electrons. The van der Waals surface area contributed by atoms with Crippen molar-refractivity contribution >= 4 is 46.8 Å². The fourth-order valence-corrected chi connectivity index (χ4v) is 3.67. The molecule has 37 heavy (non-hydrogen) atoms. The van der Waals surface area contributed by atoms with Crippen molar-refractivity contribution in [3.63, 3.8) is 0 Å². The van der Waals surface area contributed by atoms with E-state index in [0.29, 0.717) is 40.1 Å². The van der Waals surface area contributed by atoms with E-state index in [1.54, 1.807) is 49.4 Å². The molecule has 0 saturated heterocycles. The van der Waals surface area contributed by atoms with Gasteiger partial charge in [0.25, 0.3) is 5.91 Å². The zero-order chi connectivity index (χ0) is 27.4. The molecule has 0 spiro atoms. The molecule has 1 aromatic heterocycles. The van der Waals surface area contributed by atoms with Crippen LogP contribution in [0.25, 0.3) is 6.08 Å². The summed E-state index contributed by atoms with van der Waals surface area (Å²) in [5.74, 6) is 0.925. The molecule has 0 atom stereocenters. The maximum atomic E-state index is 12.6. The van der Waals surface area contributed by atoms with Gasteiger partial charge in [-0.2, -0.15) is 0 Å². The number of halogens is 2. The van der Waals surface area contributed by atoms with Crippen molar-refractivity contribution in [1.82, 2.24) is 0 Å². The van der Waals surface area contributed by atoms with Crippen LogP contribution in [0.1, 0.15) is 68.5 Å². The first-order valence-corrected chi connectivity index (χ1v) is 13.0. The van der Waals surface area contributed by atoms with Crippen molar-refractivity contribution < 1.29 is 23.5 Å². The van der Waals surface area contributed by atoms with Crippen molar-refractivity contribution in [1.29, 1.82) is 0 Å². The van der Waals surface area contributed by atoms with Crippen molar-refractivity contribution in [2.75, 3.05) is 11.9 Å². The Morgan fingerprint density at radius 3 is 2.19 bits per heavy atom. The van der Waals surface area contributed by atoms with Gasteiger partial charge in [0.15, 0.2) is 5.76 Å². The molecule has 0 aliphatic rings. The summed E-state index contributed by atoms with van der Waals surface area (Å²) in [4.78, 5) is 24.3. The van der Waals surface area contributed by atoms with E-state index in [4.69, 9.17) is 37.1 Å². The second-order valence-electron chi connectivity index (χ2n) is 8.01. The molecule has 1 amide bonds. The van der Waals surface area contributed by atoms with Crippen LogP contribution in [0.4, 0.5) is 5.69 Å². The number of anilines is 1. The molecule has 3 rings (SSSR count). The van der Waals surface area contributed by atoms with Crippen molar-refractivity contribution in [2.24, 2.45) is 0 Å². The summed E-state index contributed by atoms with van der Waals surface area (Å²) < 4.78 is 16.5. The van der Waals surface area contributed by atoms with Gasteiger partial charge in [-0.05, 0) is 73.9 Å². The minimum atomic E-state index is -0.379. The number of hydrogen-bond acceptors (Lipinski definition) is 5. The van der Waals surface area contributed by atoms with Gasteiger partial charge in [-0.1, -0.05) is 62.5 Å². The molecule has 0 aliphatic carbocycles. The Bertz CT molecular complexity index is 1230. The average Bonchev–Trinajstić information content (AvgIpc) is 3.26. The lowest BCUT2D eigenvalue weighted by Gasteiger charge is -2.12. The van der Waals surface area contributed by atoms with Crippen LogP contribution in [-0.4, -0.2) is 18.5 Å². The minimum absolute atomic E-state index is 0.120. The Hall–Kier alpha value is -3.22. The Morgan fingerprint density at radius 1 is 0.973 bits per heavy atom. The van der Waals surface area contributed by atoms with Crippen LogP contribution in [0.2, 0.25) is 10.0 Å². The molecule has 0 unspecified atom stereocenters. The summed E-state index contributed by atoms with van der Waals surface area (Å²) in [5.41, 5.74) is 2.15. The minimum Gasteiger partial charge on any atom is -0.466 e. The van der Waals surface area contributed by atoms with Crippen LogP contribution in [0.5, 0.6) is 11.5 Å². The van der Waals surface area contributed by atoms with Crippen LogP contribution >= 0.6 is 23.2 Å². The average molecular weight is 546 g/mol. The zero-order valence-electron chi connectivity index (χ0n) is 21.8. The number of amides is 1. The highest BCUT2D eigenvalue weighted by Crippen LogP contribution is 2.35. The second-order valence-corrected chi connectivity index (χ2v) is 8.82. The smallest absolute Gasteiger partial charge is 0.310 e. The lowest BCUT2D eigenvalue weighted by atomic mass is 10.1. The second kappa shape index (κ2) is 15.1. The fourth-order valence-electron chi connectivity index (χ4n) is 3.21. The molecule has 0 saturated carbocycles. The summed E-state index contributed by atoms with van der Waals surface area (Å²) >= 11 is 12.7. The van der Waals surface area contributed by atoms with E-state index in [2.05, 4.69) is 19.2 Å². The standard InChI is InChI=1S/C26H25Cl2NO5.C3H8/c1-4-7-21-17(5-2)14-24(33-21)26(31)29-18-9-11-23(20(28)15-18)34-22-10-8-16(12-19(22)27)13-25(30)32-6-3;1-3-2/h4,7-12,14-15H,5-6,13H2,1-3H3,(H,29,31);3H2,1-2H3/b7-4-;. The maximum absolute atomic E-state index is 12.6. The highest BCUT2D eigenvalue weighted by atomic mass is 35.5. The monoisotopic (exact) mass is 545 g/mol. The molecule has 3 aromatic rings. The van der Waals surface area contributed by atoms with Crippen molar-refractivity contribution in [3.8, 4) is 11.5 Å². The summed E-state index contributed by atoms with van der Waals surface area (Å²) in [5, 5.41) is 3.39. The number of ether oxygens (including phenoxy) is 2. The highest BCUT2D eigenvalue weighted by Gasteiger charge is 2.16. The fraction of sp³-hybridized carbons (Fsp3) is 0.310. The normalized spacial score (nSPS) is 10.6. The number of carbonyl (C=O) groups excluding carboxylic acids is 2. The molecule has 0 bridgehead atoms. The Kier molecular flexibility index (Phi) is 12.3. The topological polar surface area (TPSA) is 77.8 Å². The van der Waals surface area contributed by atoms with Gasteiger partial charge in [-0.3, -0.25) is 9.59 Å². The largest absolute Gasteiger partial charge is 0.466 e. The number of carbonyl (C=O) groups is 2.